The second-order valence-electron chi connectivity index (χ2n) is 9.09. The van der Waals surface area contributed by atoms with E-state index in [9.17, 15) is 15.0 Å². The summed E-state index contributed by atoms with van der Waals surface area (Å²) in [6.45, 7) is 6.89. The molecule has 1 amide bonds. The highest BCUT2D eigenvalue weighted by atomic mass is 16.6. The second-order valence-corrected chi connectivity index (χ2v) is 9.09. The predicted octanol–water partition coefficient (Wildman–Crippen LogP) is 4.63. The lowest BCUT2D eigenvalue weighted by Gasteiger charge is -2.43. The van der Waals surface area contributed by atoms with Gasteiger partial charge in [0.25, 0.3) is 0 Å². The van der Waals surface area contributed by atoms with Crippen LogP contribution < -0.4 is 0 Å². The standard InChI is InChI=1S/C25H33NO4/c1-24(2,3)30-23(29)26-15-13-25(14-16-26,20-9-5-4-6-10-20)21-18-19(8-7-17-27)11-12-22(21)28/h4-6,9-12,18,27-28H,7-8,13-17H2,1-3H3. The van der Waals surface area contributed by atoms with Gasteiger partial charge < -0.3 is 19.8 Å². The number of hydrogen-bond donors (Lipinski definition) is 2. The third-order valence-electron chi connectivity index (χ3n) is 5.80. The zero-order chi connectivity index (χ0) is 21.8. The Balaban J connectivity index is 1.93. The summed E-state index contributed by atoms with van der Waals surface area (Å²) >= 11 is 0. The normalized spacial score (nSPS) is 16.3. The molecule has 1 aliphatic rings. The Bertz CT molecular complexity index is 849. The van der Waals surface area contributed by atoms with Crippen molar-refractivity contribution in [2.24, 2.45) is 0 Å². The first-order valence-corrected chi connectivity index (χ1v) is 10.7. The van der Waals surface area contributed by atoms with Gasteiger partial charge >= 0.3 is 6.09 Å². The molecule has 5 heteroatoms. The van der Waals surface area contributed by atoms with Gasteiger partial charge in [0.15, 0.2) is 0 Å². The number of phenols is 1. The summed E-state index contributed by atoms with van der Waals surface area (Å²) in [5.41, 5.74) is 2.24. The number of rotatable bonds is 5. The summed E-state index contributed by atoms with van der Waals surface area (Å²) < 4.78 is 5.56. The Kier molecular flexibility index (Phi) is 6.71. The van der Waals surface area contributed by atoms with Crippen molar-refractivity contribution in [1.82, 2.24) is 4.90 Å². The molecule has 0 bridgehead atoms. The van der Waals surface area contributed by atoms with Crippen molar-refractivity contribution >= 4 is 6.09 Å². The lowest BCUT2D eigenvalue weighted by atomic mass is 9.67. The highest BCUT2D eigenvalue weighted by Crippen LogP contribution is 2.45. The van der Waals surface area contributed by atoms with E-state index in [2.05, 4.69) is 18.2 Å². The van der Waals surface area contributed by atoms with E-state index < -0.39 is 5.60 Å². The number of carbonyl (C=O) groups excluding carboxylic acids is 1. The van der Waals surface area contributed by atoms with Crippen LogP contribution in [-0.2, 0) is 16.6 Å². The van der Waals surface area contributed by atoms with Crippen molar-refractivity contribution in [3.63, 3.8) is 0 Å². The molecule has 5 nitrogen and oxygen atoms in total. The molecular weight excluding hydrogens is 378 g/mol. The van der Waals surface area contributed by atoms with Gasteiger partial charge in [-0.05, 0) is 63.6 Å². The molecule has 0 spiro atoms. The SMILES string of the molecule is CC(C)(C)OC(=O)N1CCC(c2ccccc2)(c2cc(CCCO)ccc2O)CC1. The van der Waals surface area contributed by atoms with Crippen LogP contribution in [0, 0.1) is 0 Å². The maximum atomic E-state index is 12.6. The maximum Gasteiger partial charge on any atom is 0.410 e. The van der Waals surface area contributed by atoms with Crippen LogP contribution in [0.5, 0.6) is 5.75 Å². The van der Waals surface area contributed by atoms with E-state index in [4.69, 9.17) is 4.74 Å². The topological polar surface area (TPSA) is 70.0 Å². The van der Waals surface area contributed by atoms with Crippen molar-refractivity contribution in [3.8, 4) is 5.75 Å². The molecule has 1 fully saturated rings. The van der Waals surface area contributed by atoms with Gasteiger partial charge in [-0.2, -0.15) is 0 Å². The van der Waals surface area contributed by atoms with Gasteiger partial charge in [-0.3, -0.25) is 0 Å². The van der Waals surface area contributed by atoms with E-state index in [1.54, 1.807) is 11.0 Å². The summed E-state index contributed by atoms with van der Waals surface area (Å²) in [7, 11) is 0. The fraction of sp³-hybridized carbons (Fsp3) is 0.480. The number of piperidine rings is 1. The number of ether oxygens (including phenoxy) is 1. The van der Waals surface area contributed by atoms with Crippen LogP contribution in [0.4, 0.5) is 4.79 Å². The number of amides is 1. The number of benzene rings is 2. The molecule has 2 aromatic carbocycles. The first-order chi connectivity index (χ1) is 14.2. The van der Waals surface area contributed by atoms with E-state index >= 15 is 0 Å². The second kappa shape index (κ2) is 9.09. The van der Waals surface area contributed by atoms with Crippen molar-refractivity contribution in [2.75, 3.05) is 19.7 Å². The first kappa shape index (κ1) is 22.2. The summed E-state index contributed by atoms with van der Waals surface area (Å²) in [6.07, 6.45) is 2.57. The number of aryl methyl sites for hydroxylation is 1. The number of aromatic hydroxyl groups is 1. The number of aliphatic hydroxyl groups excluding tert-OH is 1. The van der Waals surface area contributed by atoms with Crippen molar-refractivity contribution in [2.45, 2.75) is 57.5 Å². The Hall–Kier alpha value is -2.53. The molecule has 30 heavy (non-hydrogen) atoms. The van der Waals surface area contributed by atoms with Gasteiger partial charge in [0.2, 0.25) is 0 Å². The number of likely N-dealkylation sites (tertiary alicyclic amines) is 1. The Morgan fingerprint density at radius 3 is 2.37 bits per heavy atom. The fourth-order valence-electron chi connectivity index (χ4n) is 4.27. The number of hydrogen-bond acceptors (Lipinski definition) is 4. The van der Waals surface area contributed by atoms with Gasteiger partial charge in [0, 0.05) is 30.7 Å². The number of carbonyl (C=O) groups is 1. The van der Waals surface area contributed by atoms with E-state index in [0.29, 0.717) is 32.4 Å². The highest BCUT2D eigenvalue weighted by Gasteiger charge is 2.41. The van der Waals surface area contributed by atoms with Crippen LogP contribution in [0.2, 0.25) is 0 Å². The summed E-state index contributed by atoms with van der Waals surface area (Å²) in [5, 5.41) is 20.0. The molecule has 1 saturated heterocycles. The van der Waals surface area contributed by atoms with Crippen LogP contribution in [0.3, 0.4) is 0 Å². The van der Waals surface area contributed by atoms with Gasteiger partial charge in [-0.1, -0.05) is 42.5 Å². The molecule has 0 aromatic heterocycles. The lowest BCUT2D eigenvalue weighted by molar-refractivity contribution is 0.0179. The molecule has 162 valence electrons. The van der Waals surface area contributed by atoms with Gasteiger partial charge in [0.1, 0.15) is 11.4 Å². The van der Waals surface area contributed by atoms with E-state index in [1.165, 1.54) is 0 Å². The maximum absolute atomic E-state index is 12.6. The zero-order valence-corrected chi connectivity index (χ0v) is 18.2. The van der Waals surface area contributed by atoms with Crippen LogP contribution in [-0.4, -0.2) is 46.5 Å². The minimum Gasteiger partial charge on any atom is -0.508 e. The van der Waals surface area contributed by atoms with E-state index in [0.717, 1.165) is 23.1 Å². The van der Waals surface area contributed by atoms with Gasteiger partial charge in [-0.15, -0.1) is 0 Å². The number of aliphatic hydroxyl groups is 1. The Morgan fingerprint density at radius 2 is 1.77 bits per heavy atom. The zero-order valence-electron chi connectivity index (χ0n) is 18.2. The van der Waals surface area contributed by atoms with E-state index in [-0.39, 0.29) is 23.9 Å². The molecule has 0 unspecified atom stereocenters. The summed E-state index contributed by atoms with van der Waals surface area (Å²) in [6, 6.07) is 16.0. The van der Waals surface area contributed by atoms with Gasteiger partial charge in [-0.25, -0.2) is 4.79 Å². The monoisotopic (exact) mass is 411 g/mol. The number of nitrogens with zero attached hydrogens (tertiary/aromatic N) is 1. The molecule has 3 rings (SSSR count). The average molecular weight is 412 g/mol. The van der Waals surface area contributed by atoms with Crippen molar-refractivity contribution < 1.29 is 19.7 Å². The third kappa shape index (κ3) is 4.96. The molecule has 2 N–H and O–H groups in total. The molecule has 0 saturated carbocycles. The minimum atomic E-state index is -0.523. The highest BCUT2D eigenvalue weighted by molar-refractivity contribution is 5.68. The van der Waals surface area contributed by atoms with E-state index in [1.807, 2.05) is 45.0 Å². The number of phenolic OH excluding ortho intramolecular Hbond substituents is 1. The van der Waals surface area contributed by atoms with Crippen LogP contribution in [0.1, 0.15) is 56.7 Å². The third-order valence-corrected chi connectivity index (χ3v) is 5.80. The predicted molar refractivity (Wildman–Crippen MR) is 118 cm³/mol. The Morgan fingerprint density at radius 1 is 1.10 bits per heavy atom. The summed E-state index contributed by atoms with van der Waals surface area (Å²) in [5.74, 6) is 0.275. The largest absolute Gasteiger partial charge is 0.508 e. The Labute approximate surface area is 179 Å². The molecule has 2 aromatic rings. The molecule has 1 heterocycles. The molecule has 0 atom stereocenters. The van der Waals surface area contributed by atoms with Gasteiger partial charge in [0.05, 0.1) is 0 Å². The van der Waals surface area contributed by atoms with Crippen LogP contribution >= 0.6 is 0 Å². The fourth-order valence-corrected chi connectivity index (χ4v) is 4.27. The van der Waals surface area contributed by atoms with Crippen LogP contribution in [0.25, 0.3) is 0 Å². The summed E-state index contributed by atoms with van der Waals surface area (Å²) in [4.78, 5) is 14.3. The smallest absolute Gasteiger partial charge is 0.410 e. The lowest BCUT2D eigenvalue weighted by Crippen LogP contribution is -2.47. The molecular formula is C25H33NO4. The van der Waals surface area contributed by atoms with Crippen LogP contribution in [0.15, 0.2) is 48.5 Å². The minimum absolute atomic E-state index is 0.144. The molecule has 0 radical (unpaired) electrons. The first-order valence-electron chi connectivity index (χ1n) is 10.7. The quantitative estimate of drug-likeness (QED) is 0.752. The van der Waals surface area contributed by atoms with Crippen molar-refractivity contribution in [1.29, 1.82) is 0 Å². The average Bonchev–Trinajstić information content (AvgIpc) is 2.72. The molecule has 1 aliphatic heterocycles. The van der Waals surface area contributed by atoms with Crippen molar-refractivity contribution in [3.05, 3.63) is 65.2 Å². The molecule has 0 aliphatic carbocycles.